The summed E-state index contributed by atoms with van der Waals surface area (Å²) in [4.78, 5) is 42.6. The highest BCUT2D eigenvalue weighted by Crippen LogP contribution is 2.72. The first kappa shape index (κ1) is 22.3. The maximum Gasteiger partial charge on any atom is 0.321 e. The minimum absolute atomic E-state index is 0.00795. The minimum Gasteiger partial charge on any atom is -0.453 e. The normalized spacial score (nSPS) is 50.5. The summed E-state index contributed by atoms with van der Waals surface area (Å²) < 4.78 is 12.9. The van der Waals surface area contributed by atoms with Crippen LogP contribution in [0.5, 0.6) is 0 Å². The highest BCUT2D eigenvalue weighted by molar-refractivity contribution is 6.15. The molecule has 6 fully saturated rings. The van der Waals surface area contributed by atoms with Gasteiger partial charge in [-0.2, -0.15) is 0 Å². The van der Waals surface area contributed by atoms with Crippen LogP contribution in [0.1, 0.15) is 105 Å². The Morgan fingerprint density at radius 1 is 0.771 bits per heavy atom. The first-order valence-electron chi connectivity index (χ1n) is 13.9. The van der Waals surface area contributed by atoms with Crippen molar-refractivity contribution in [3.8, 4) is 0 Å². The molecule has 7 atom stereocenters. The van der Waals surface area contributed by atoms with Crippen LogP contribution in [0, 0.1) is 27.6 Å². The Balaban J connectivity index is 1.41. The first-order valence-corrected chi connectivity index (χ1v) is 13.9. The monoisotopic (exact) mass is 478 g/mol. The van der Waals surface area contributed by atoms with Gasteiger partial charge in [0.05, 0.1) is 0 Å². The van der Waals surface area contributed by atoms with E-state index in [4.69, 9.17) is 9.47 Å². The number of rotatable bonds is 0. The fourth-order valence-electron chi connectivity index (χ4n) is 10.4. The fourth-order valence-corrected chi connectivity index (χ4v) is 10.4. The molecule has 188 valence electrons. The summed E-state index contributed by atoms with van der Waals surface area (Å²) in [6.07, 6.45) is 9.55. The molecule has 0 amide bonds. The number of esters is 2. The van der Waals surface area contributed by atoms with Gasteiger partial charge in [0, 0.05) is 5.57 Å². The number of ketones is 1. The Morgan fingerprint density at radius 3 is 2.26 bits per heavy atom. The lowest BCUT2D eigenvalue weighted by atomic mass is 9.44. The van der Waals surface area contributed by atoms with Crippen molar-refractivity contribution in [2.45, 2.75) is 116 Å². The molecular weight excluding hydrogens is 440 g/mol. The SMILES string of the molecule is CC1=C2C(=O)C34CCC5(CC3CC2(C)CCC1)C(=O)OC1C2=C(C)CCCC2(C)CCC15OC4=O. The molecule has 5 nitrogen and oxygen atoms in total. The van der Waals surface area contributed by atoms with Gasteiger partial charge >= 0.3 is 11.9 Å². The third kappa shape index (κ3) is 2.31. The van der Waals surface area contributed by atoms with Crippen molar-refractivity contribution >= 4 is 17.7 Å². The lowest BCUT2D eigenvalue weighted by Crippen LogP contribution is -2.60. The van der Waals surface area contributed by atoms with Crippen molar-refractivity contribution in [1.82, 2.24) is 0 Å². The summed E-state index contributed by atoms with van der Waals surface area (Å²) in [5, 5.41) is 0. The van der Waals surface area contributed by atoms with E-state index in [-0.39, 0.29) is 34.5 Å². The predicted molar refractivity (Wildman–Crippen MR) is 129 cm³/mol. The van der Waals surface area contributed by atoms with Gasteiger partial charge in [-0.15, -0.1) is 0 Å². The van der Waals surface area contributed by atoms with E-state index in [0.29, 0.717) is 25.7 Å². The molecule has 3 aliphatic heterocycles. The quantitative estimate of drug-likeness (QED) is 0.251. The van der Waals surface area contributed by atoms with Crippen molar-refractivity contribution in [2.75, 3.05) is 0 Å². The molecule has 0 aromatic rings. The molecule has 2 bridgehead atoms. The Hall–Kier alpha value is -1.91. The number of Topliss-reactive ketones (excluding diaryl/α,β-unsaturated/α-hetero) is 1. The second kappa shape index (κ2) is 6.50. The number of hydrogen-bond donors (Lipinski definition) is 0. The minimum atomic E-state index is -1.13. The van der Waals surface area contributed by atoms with Gasteiger partial charge in [0.1, 0.15) is 10.8 Å². The zero-order valence-electron chi connectivity index (χ0n) is 21.7. The topological polar surface area (TPSA) is 69.7 Å². The van der Waals surface area contributed by atoms with Crippen LogP contribution in [0.15, 0.2) is 22.3 Å². The van der Waals surface area contributed by atoms with Gasteiger partial charge in [-0.05, 0) is 113 Å². The van der Waals surface area contributed by atoms with E-state index in [1.54, 1.807) is 0 Å². The fraction of sp³-hybridized carbons (Fsp3) is 0.767. The molecule has 8 aliphatic rings. The average Bonchev–Trinajstić information content (AvgIpc) is 2.89. The maximum absolute atomic E-state index is 14.4. The van der Waals surface area contributed by atoms with Crippen molar-refractivity contribution in [3.05, 3.63) is 22.3 Å². The molecule has 0 aromatic heterocycles. The van der Waals surface area contributed by atoms with Gasteiger partial charge in [-0.25, -0.2) is 0 Å². The van der Waals surface area contributed by atoms with Crippen LogP contribution < -0.4 is 0 Å². The Morgan fingerprint density at radius 2 is 1.49 bits per heavy atom. The van der Waals surface area contributed by atoms with Gasteiger partial charge in [0.25, 0.3) is 0 Å². The molecule has 0 N–H and O–H groups in total. The molecule has 8 rings (SSSR count). The van der Waals surface area contributed by atoms with Gasteiger partial charge < -0.3 is 9.47 Å². The van der Waals surface area contributed by atoms with E-state index in [9.17, 15) is 14.4 Å². The van der Waals surface area contributed by atoms with E-state index in [1.165, 1.54) is 11.1 Å². The Kier molecular flexibility index (Phi) is 4.14. The summed E-state index contributed by atoms with van der Waals surface area (Å²) in [6.45, 7) is 8.76. The number of hydrogen-bond acceptors (Lipinski definition) is 5. The van der Waals surface area contributed by atoms with Crippen molar-refractivity contribution in [1.29, 1.82) is 0 Å². The number of allylic oxidation sites excluding steroid dienone is 3. The molecule has 5 aliphatic carbocycles. The van der Waals surface area contributed by atoms with Crippen molar-refractivity contribution in [2.24, 2.45) is 27.6 Å². The van der Waals surface area contributed by atoms with Crippen molar-refractivity contribution < 1.29 is 23.9 Å². The average molecular weight is 479 g/mol. The molecule has 3 heterocycles. The standard InChI is InChI=1S/C30H38O5/c1-17-7-6-10-27(4)15-19-16-28-12-13-29(19,22(31)20(17)27)25(33)35-30(28)14-11-26(3)9-5-8-18(2)21(26)23(30)34-24(28)32/h19,23H,5-16H2,1-4H3. The molecule has 0 radical (unpaired) electrons. The van der Waals surface area contributed by atoms with E-state index < -0.39 is 22.5 Å². The number of fused-ring (bicyclic) bond motifs is 5. The molecule has 3 saturated heterocycles. The van der Waals surface area contributed by atoms with E-state index >= 15 is 0 Å². The predicted octanol–water partition coefficient (Wildman–Crippen LogP) is 5.76. The molecule has 0 aromatic carbocycles. The third-order valence-electron chi connectivity index (χ3n) is 12.1. The molecule has 7 unspecified atom stereocenters. The smallest absolute Gasteiger partial charge is 0.321 e. The second-order valence-electron chi connectivity index (χ2n) is 13.7. The van der Waals surface area contributed by atoms with Crippen LogP contribution in [0.2, 0.25) is 0 Å². The van der Waals surface area contributed by atoms with Crippen LogP contribution in [0.3, 0.4) is 0 Å². The van der Waals surface area contributed by atoms with E-state index in [0.717, 1.165) is 62.5 Å². The molecular formula is C30H38O5. The lowest BCUT2D eigenvalue weighted by molar-refractivity contribution is -0.185. The molecule has 3 saturated carbocycles. The number of ether oxygens (including phenoxy) is 2. The van der Waals surface area contributed by atoms with Crippen LogP contribution in [0.25, 0.3) is 0 Å². The zero-order valence-corrected chi connectivity index (χ0v) is 21.7. The lowest BCUT2D eigenvalue weighted by Gasteiger charge is -2.55. The van der Waals surface area contributed by atoms with Crippen LogP contribution >= 0.6 is 0 Å². The third-order valence-corrected chi connectivity index (χ3v) is 12.1. The van der Waals surface area contributed by atoms with Crippen molar-refractivity contribution in [3.63, 3.8) is 0 Å². The highest BCUT2D eigenvalue weighted by Gasteiger charge is 2.81. The highest BCUT2D eigenvalue weighted by atomic mass is 16.6. The van der Waals surface area contributed by atoms with Gasteiger partial charge in [0.15, 0.2) is 17.5 Å². The van der Waals surface area contributed by atoms with E-state index in [2.05, 4.69) is 27.7 Å². The molecule has 5 heteroatoms. The summed E-state index contributed by atoms with van der Waals surface area (Å²) in [6, 6.07) is 0. The molecule has 35 heavy (non-hydrogen) atoms. The number of carbonyl (C=O) groups excluding carboxylic acids is 3. The summed E-state index contributed by atoms with van der Waals surface area (Å²) >= 11 is 0. The Bertz CT molecular complexity index is 1160. The summed E-state index contributed by atoms with van der Waals surface area (Å²) in [5.74, 6) is -0.680. The zero-order chi connectivity index (χ0) is 24.6. The van der Waals surface area contributed by atoms with E-state index in [1.807, 2.05) is 0 Å². The largest absolute Gasteiger partial charge is 0.453 e. The maximum atomic E-state index is 14.4. The Labute approximate surface area is 208 Å². The number of carbonyl (C=O) groups is 3. The van der Waals surface area contributed by atoms with Gasteiger partial charge in [-0.1, -0.05) is 25.0 Å². The first-order chi connectivity index (χ1) is 16.5. The van der Waals surface area contributed by atoms with Crippen LogP contribution in [-0.4, -0.2) is 29.4 Å². The van der Waals surface area contributed by atoms with Crippen LogP contribution in [-0.2, 0) is 23.9 Å². The summed E-state index contributed by atoms with van der Waals surface area (Å²) in [5.41, 5.74) is 1.43. The van der Waals surface area contributed by atoms with Gasteiger partial charge in [0.2, 0.25) is 0 Å². The van der Waals surface area contributed by atoms with Gasteiger partial charge in [-0.3, -0.25) is 14.4 Å². The molecule has 3 spiro atoms. The van der Waals surface area contributed by atoms with Crippen LogP contribution in [0.4, 0.5) is 0 Å². The second-order valence-corrected chi connectivity index (χ2v) is 13.7. The summed E-state index contributed by atoms with van der Waals surface area (Å²) in [7, 11) is 0.